The van der Waals surface area contributed by atoms with Crippen LogP contribution in [0.2, 0.25) is 0 Å². The summed E-state index contributed by atoms with van der Waals surface area (Å²) in [5, 5.41) is 0. The summed E-state index contributed by atoms with van der Waals surface area (Å²) >= 11 is 0. The lowest BCUT2D eigenvalue weighted by atomic mass is 9.77. The summed E-state index contributed by atoms with van der Waals surface area (Å²) in [5.74, 6) is 0. The minimum Gasteiger partial charge on any atom is -0.375 e. The highest BCUT2D eigenvalue weighted by molar-refractivity contribution is 5.16. The van der Waals surface area contributed by atoms with Crippen LogP contribution in [0.4, 0.5) is 0 Å². The van der Waals surface area contributed by atoms with E-state index in [1.807, 2.05) is 0 Å². The highest BCUT2D eigenvalue weighted by Crippen LogP contribution is 2.40. The molecule has 0 aromatic heterocycles. The van der Waals surface area contributed by atoms with Crippen molar-refractivity contribution in [1.82, 2.24) is 4.90 Å². The molecule has 2 saturated heterocycles. The minimum absolute atomic E-state index is 0.132. The first-order valence-corrected chi connectivity index (χ1v) is 8.42. The monoisotopic (exact) mass is 303 g/mol. The summed E-state index contributed by atoms with van der Waals surface area (Å²) in [6.07, 6.45) is 2.85. The van der Waals surface area contributed by atoms with Gasteiger partial charge in [0.1, 0.15) is 6.10 Å². The molecule has 0 radical (unpaired) electrons. The fourth-order valence-corrected chi connectivity index (χ4v) is 3.95. The van der Waals surface area contributed by atoms with Crippen molar-refractivity contribution >= 4 is 0 Å². The third-order valence-corrected chi connectivity index (χ3v) is 5.02. The molecule has 0 aliphatic carbocycles. The van der Waals surface area contributed by atoms with Crippen LogP contribution in [0.25, 0.3) is 0 Å². The number of benzene rings is 1. The van der Waals surface area contributed by atoms with E-state index < -0.39 is 0 Å². The second-order valence-corrected chi connectivity index (χ2v) is 8.02. The topological polar surface area (TPSA) is 25.0 Å². The summed E-state index contributed by atoms with van der Waals surface area (Å²) < 4.78 is 11.4. The Bertz CT molecular complexity index is 475. The summed E-state index contributed by atoms with van der Waals surface area (Å²) in [5.41, 5.74) is 1.65. The SMILES string of the molecule is CC1(C)CC(OCC2CO2)CC(C)(C)N1Cc1ccccc1. The number of rotatable bonds is 5. The van der Waals surface area contributed by atoms with Crippen LogP contribution in [-0.4, -0.2) is 41.4 Å². The number of ether oxygens (including phenoxy) is 2. The van der Waals surface area contributed by atoms with Crippen molar-refractivity contribution < 1.29 is 9.47 Å². The van der Waals surface area contributed by atoms with Gasteiger partial charge in [-0.05, 0) is 46.1 Å². The van der Waals surface area contributed by atoms with E-state index in [4.69, 9.17) is 9.47 Å². The molecule has 3 heteroatoms. The molecule has 1 aromatic carbocycles. The zero-order valence-corrected chi connectivity index (χ0v) is 14.3. The van der Waals surface area contributed by atoms with E-state index in [1.165, 1.54) is 5.56 Å². The van der Waals surface area contributed by atoms with Crippen molar-refractivity contribution in [1.29, 1.82) is 0 Å². The Balaban J connectivity index is 1.69. The third kappa shape index (κ3) is 3.70. The third-order valence-electron chi connectivity index (χ3n) is 5.02. The van der Waals surface area contributed by atoms with E-state index in [-0.39, 0.29) is 11.1 Å². The second-order valence-electron chi connectivity index (χ2n) is 8.02. The predicted octanol–water partition coefficient (Wildman–Crippen LogP) is 3.62. The summed E-state index contributed by atoms with van der Waals surface area (Å²) in [6.45, 7) is 12.0. The van der Waals surface area contributed by atoms with Crippen molar-refractivity contribution in [3.05, 3.63) is 35.9 Å². The van der Waals surface area contributed by atoms with Gasteiger partial charge in [-0.2, -0.15) is 0 Å². The minimum atomic E-state index is 0.132. The Morgan fingerprint density at radius 3 is 2.23 bits per heavy atom. The van der Waals surface area contributed by atoms with Crippen LogP contribution in [-0.2, 0) is 16.0 Å². The van der Waals surface area contributed by atoms with Crippen LogP contribution in [0.15, 0.2) is 30.3 Å². The molecule has 0 N–H and O–H groups in total. The van der Waals surface area contributed by atoms with Gasteiger partial charge in [0.2, 0.25) is 0 Å². The molecule has 1 atom stereocenters. The Kier molecular flexibility index (Phi) is 4.32. The first-order chi connectivity index (χ1) is 10.4. The van der Waals surface area contributed by atoms with Crippen LogP contribution in [0.5, 0.6) is 0 Å². The number of hydrogen-bond acceptors (Lipinski definition) is 3. The molecule has 22 heavy (non-hydrogen) atoms. The van der Waals surface area contributed by atoms with Gasteiger partial charge in [0.25, 0.3) is 0 Å². The molecular weight excluding hydrogens is 274 g/mol. The molecule has 122 valence electrons. The van der Waals surface area contributed by atoms with Crippen molar-refractivity contribution in [2.24, 2.45) is 0 Å². The van der Waals surface area contributed by atoms with Crippen LogP contribution in [0, 0.1) is 0 Å². The molecule has 0 saturated carbocycles. The lowest BCUT2D eigenvalue weighted by Gasteiger charge is -2.55. The number of likely N-dealkylation sites (tertiary alicyclic amines) is 1. The van der Waals surface area contributed by atoms with Gasteiger partial charge >= 0.3 is 0 Å². The van der Waals surface area contributed by atoms with Gasteiger partial charge in [-0.1, -0.05) is 30.3 Å². The molecule has 0 spiro atoms. The average molecular weight is 303 g/mol. The van der Waals surface area contributed by atoms with Gasteiger partial charge in [-0.25, -0.2) is 0 Å². The predicted molar refractivity (Wildman–Crippen MR) is 88.9 cm³/mol. The molecule has 2 aliphatic heterocycles. The zero-order valence-electron chi connectivity index (χ0n) is 14.3. The number of epoxide rings is 1. The summed E-state index contributed by atoms with van der Waals surface area (Å²) in [7, 11) is 0. The van der Waals surface area contributed by atoms with Crippen LogP contribution >= 0.6 is 0 Å². The van der Waals surface area contributed by atoms with Gasteiger partial charge in [-0.15, -0.1) is 0 Å². The fraction of sp³-hybridized carbons (Fsp3) is 0.684. The molecule has 3 nitrogen and oxygen atoms in total. The maximum Gasteiger partial charge on any atom is 0.104 e. The van der Waals surface area contributed by atoms with Crippen LogP contribution in [0.3, 0.4) is 0 Å². The Morgan fingerprint density at radius 1 is 1.09 bits per heavy atom. The van der Waals surface area contributed by atoms with Crippen LogP contribution in [0.1, 0.15) is 46.1 Å². The van der Waals surface area contributed by atoms with E-state index in [2.05, 4.69) is 62.9 Å². The van der Waals surface area contributed by atoms with E-state index in [1.54, 1.807) is 0 Å². The molecule has 2 aliphatic rings. The van der Waals surface area contributed by atoms with Gasteiger partial charge in [-0.3, -0.25) is 4.90 Å². The fourth-order valence-electron chi connectivity index (χ4n) is 3.95. The average Bonchev–Trinajstić information content (AvgIpc) is 3.25. The van der Waals surface area contributed by atoms with Gasteiger partial charge in [0, 0.05) is 17.6 Å². The quantitative estimate of drug-likeness (QED) is 0.777. The van der Waals surface area contributed by atoms with Crippen molar-refractivity contribution in [2.75, 3.05) is 13.2 Å². The Labute approximate surface area is 134 Å². The lowest BCUT2D eigenvalue weighted by Crippen LogP contribution is -2.61. The van der Waals surface area contributed by atoms with Crippen molar-refractivity contribution in [3.8, 4) is 0 Å². The molecule has 2 fully saturated rings. The van der Waals surface area contributed by atoms with E-state index in [0.29, 0.717) is 12.2 Å². The smallest absolute Gasteiger partial charge is 0.104 e. The first-order valence-electron chi connectivity index (χ1n) is 8.42. The zero-order chi connectivity index (χ0) is 15.8. The first kappa shape index (κ1) is 16.0. The lowest BCUT2D eigenvalue weighted by molar-refractivity contribution is -0.110. The molecule has 2 heterocycles. The summed E-state index contributed by atoms with van der Waals surface area (Å²) in [6, 6.07) is 10.8. The largest absolute Gasteiger partial charge is 0.375 e. The number of nitrogens with zero attached hydrogens (tertiary/aromatic N) is 1. The standard InChI is InChI=1S/C19H29NO2/c1-18(2)10-16(21-13-17-14-22-17)11-19(3,4)20(18)12-15-8-6-5-7-9-15/h5-9,16-17H,10-14H2,1-4H3. The maximum atomic E-state index is 6.12. The second kappa shape index (κ2) is 5.95. The Morgan fingerprint density at radius 2 is 1.68 bits per heavy atom. The molecule has 0 amide bonds. The highest BCUT2D eigenvalue weighted by Gasteiger charge is 2.45. The van der Waals surface area contributed by atoms with E-state index >= 15 is 0 Å². The van der Waals surface area contributed by atoms with Gasteiger partial charge < -0.3 is 9.47 Å². The molecule has 1 unspecified atom stereocenters. The van der Waals surface area contributed by atoms with Gasteiger partial charge in [0.15, 0.2) is 0 Å². The Hall–Kier alpha value is -0.900. The van der Waals surface area contributed by atoms with Crippen molar-refractivity contribution in [3.63, 3.8) is 0 Å². The van der Waals surface area contributed by atoms with E-state index in [0.717, 1.165) is 32.6 Å². The molecular formula is C19H29NO2. The maximum absolute atomic E-state index is 6.12. The van der Waals surface area contributed by atoms with E-state index in [9.17, 15) is 0 Å². The highest BCUT2D eigenvalue weighted by atomic mass is 16.6. The van der Waals surface area contributed by atoms with Crippen molar-refractivity contribution in [2.45, 2.75) is 70.4 Å². The molecule has 3 rings (SSSR count). The van der Waals surface area contributed by atoms with Crippen LogP contribution < -0.4 is 0 Å². The number of hydrogen-bond donors (Lipinski definition) is 0. The number of piperidine rings is 1. The normalized spacial score (nSPS) is 27.7. The molecule has 0 bridgehead atoms. The molecule has 1 aromatic rings. The van der Waals surface area contributed by atoms with Gasteiger partial charge in [0.05, 0.1) is 19.3 Å². The summed E-state index contributed by atoms with van der Waals surface area (Å²) in [4.78, 5) is 2.64.